The number of amides is 4. The molecule has 1 rings (SSSR count). The lowest BCUT2D eigenvalue weighted by molar-refractivity contribution is -0.144. The van der Waals surface area contributed by atoms with Gasteiger partial charge < -0.3 is 37.2 Å². The first-order chi connectivity index (χ1) is 14.8. The lowest BCUT2D eigenvalue weighted by Gasteiger charge is -2.29. The fraction of sp³-hybridized carbons (Fsp3) is 0.684. The number of nitrogens with two attached hydrogens (primary N) is 2. The van der Waals surface area contributed by atoms with Crippen LogP contribution < -0.4 is 22.1 Å². The first kappa shape index (κ1) is 26.8. The van der Waals surface area contributed by atoms with E-state index in [0.717, 1.165) is 0 Å². The summed E-state index contributed by atoms with van der Waals surface area (Å²) in [7, 11) is 0. The summed E-state index contributed by atoms with van der Waals surface area (Å²) in [4.78, 5) is 72.3. The molecule has 0 saturated carbocycles. The number of carboxylic acids is 2. The van der Waals surface area contributed by atoms with Crippen LogP contribution in [0.3, 0.4) is 0 Å². The molecule has 0 radical (unpaired) electrons. The molecule has 8 N–H and O–H groups in total. The maximum absolute atomic E-state index is 12.8. The van der Waals surface area contributed by atoms with Crippen molar-refractivity contribution in [3.05, 3.63) is 0 Å². The van der Waals surface area contributed by atoms with Gasteiger partial charge in [0.05, 0.1) is 12.5 Å². The summed E-state index contributed by atoms with van der Waals surface area (Å²) in [6, 6.07) is -4.71. The zero-order valence-corrected chi connectivity index (χ0v) is 18.1. The Balaban J connectivity index is 2.87. The number of hydrogen-bond donors (Lipinski definition) is 6. The highest BCUT2D eigenvalue weighted by molar-refractivity contribution is 5.95. The van der Waals surface area contributed by atoms with E-state index in [0.29, 0.717) is 12.8 Å². The molecule has 4 amide bonds. The number of carbonyl (C=O) groups excluding carboxylic acids is 4. The third kappa shape index (κ3) is 7.80. The fourth-order valence-electron chi connectivity index (χ4n) is 3.38. The number of rotatable bonds is 12. The first-order valence-corrected chi connectivity index (χ1v) is 10.2. The SMILES string of the molecule is CC(C)C(NC(=O)C1CCCN1C(=O)C(N)CC(=O)O)C(=O)NC(CCC(N)=O)C(=O)O. The molecular formula is C19H31N5O8. The van der Waals surface area contributed by atoms with Crippen LogP contribution >= 0.6 is 0 Å². The van der Waals surface area contributed by atoms with Gasteiger partial charge in [0.25, 0.3) is 0 Å². The van der Waals surface area contributed by atoms with Crippen LogP contribution in [0.25, 0.3) is 0 Å². The molecule has 1 saturated heterocycles. The van der Waals surface area contributed by atoms with Crippen molar-refractivity contribution < 1.29 is 39.0 Å². The minimum Gasteiger partial charge on any atom is -0.481 e. The van der Waals surface area contributed by atoms with Gasteiger partial charge in [-0.25, -0.2) is 4.79 Å². The molecule has 13 nitrogen and oxygen atoms in total. The Labute approximate surface area is 184 Å². The van der Waals surface area contributed by atoms with Crippen molar-refractivity contribution in [3.8, 4) is 0 Å². The minimum absolute atomic E-state index is 0.207. The van der Waals surface area contributed by atoms with Gasteiger partial charge in [-0.2, -0.15) is 0 Å². The summed E-state index contributed by atoms with van der Waals surface area (Å²) < 4.78 is 0. The van der Waals surface area contributed by atoms with E-state index in [1.807, 2.05) is 0 Å². The second kappa shape index (κ2) is 12.0. The molecule has 0 spiro atoms. The molecular weight excluding hydrogens is 426 g/mol. The van der Waals surface area contributed by atoms with Crippen molar-refractivity contribution in [1.82, 2.24) is 15.5 Å². The molecule has 4 unspecified atom stereocenters. The smallest absolute Gasteiger partial charge is 0.326 e. The molecule has 1 aliphatic heterocycles. The Morgan fingerprint density at radius 2 is 1.72 bits per heavy atom. The maximum atomic E-state index is 12.8. The van der Waals surface area contributed by atoms with Crippen LogP contribution in [-0.2, 0) is 28.8 Å². The molecule has 0 aliphatic carbocycles. The molecule has 4 atom stereocenters. The van der Waals surface area contributed by atoms with Gasteiger partial charge in [-0.3, -0.25) is 24.0 Å². The molecule has 32 heavy (non-hydrogen) atoms. The van der Waals surface area contributed by atoms with E-state index in [1.165, 1.54) is 4.90 Å². The number of aliphatic carboxylic acids is 2. The highest BCUT2D eigenvalue weighted by Crippen LogP contribution is 2.19. The number of carboxylic acid groups (broad SMARTS) is 2. The molecule has 13 heteroatoms. The largest absolute Gasteiger partial charge is 0.481 e. The topological polar surface area (TPSA) is 222 Å². The van der Waals surface area contributed by atoms with Crippen LogP contribution in [0.4, 0.5) is 0 Å². The lowest BCUT2D eigenvalue weighted by atomic mass is 10.0. The van der Waals surface area contributed by atoms with Crippen molar-refractivity contribution in [2.24, 2.45) is 17.4 Å². The second-order valence-electron chi connectivity index (χ2n) is 8.03. The number of primary amides is 1. The lowest BCUT2D eigenvalue weighted by Crippen LogP contribution is -2.58. The van der Waals surface area contributed by atoms with Gasteiger partial charge in [-0.15, -0.1) is 0 Å². The predicted octanol–water partition coefficient (Wildman–Crippen LogP) is -2.24. The van der Waals surface area contributed by atoms with Gasteiger partial charge in [0.2, 0.25) is 23.6 Å². The number of likely N-dealkylation sites (tertiary alicyclic amines) is 1. The Morgan fingerprint density at radius 1 is 1.09 bits per heavy atom. The number of carbonyl (C=O) groups is 6. The van der Waals surface area contributed by atoms with Crippen molar-refractivity contribution >= 4 is 35.6 Å². The van der Waals surface area contributed by atoms with Crippen LogP contribution in [0.15, 0.2) is 0 Å². The van der Waals surface area contributed by atoms with Gasteiger partial charge >= 0.3 is 11.9 Å². The number of hydrogen-bond acceptors (Lipinski definition) is 7. The highest BCUT2D eigenvalue weighted by Gasteiger charge is 2.38. The van der Waals surface area contributed by atoms with Crippen LogP contribution in [0.1, 0.15) is 46.0 Å². The second-order valence-corrected chi connectivity index (χ2v) is 8.03. The zero-order valence-electron chi connectivity index (χ0n) is 18.1. The molecule has 0 aromatic heterocycles. The average molecular weight is 457 g/mol. The molecule has 1 heterocycles. The van der Waals surface area contributed by atoms with E-state index in [-0.39, 0.29) is 19.4 Å². The van der Waals surface area contributed by atoms with Crippen LogP contribution in [0, 0.1) is 5.92 Å². The van der Waals surface area contributed by atoms with E-state index in [2.05, 4.69) is 10.6 Å². The molecule has 0 aromatic rings. The minimum atomic E-state index is -1.37. The Hall–Kier alpha value is -3.22. The third-order valence-corrected chi connectivity index (χ3v) is 5.09. The Bertz CT molecular complexity index is 756. The van der Waals surface area contributed by atoms with Crippen LogP contribution in [-0.4, -0.2) is 81.4 Å². The summed E-state index contributed by atoms with van der Waals surface area (Å²) in [5.41, 5.74) is 10.7. The standard InChI is InChI=1S/C19H31N5O8/c1-9(2)15(17(29)22-11(19(31)32)5-6-13(21)25)23-16(28)12-4-3-7-24(12)18(30)10(20)8-14(26)27/h9-12,15H,3-8,20H2,1-2H3,(H2,21,25)(H,22,29)(H,23,28)(H,26,27)(H,31,32). The molecule has 0 bridgehead atoms. The monoisotopic (exact) mass is 457 g/mol. The number of nitrogens with one attached hydrogen (secondary N) is 2. The Kier molecular flexibility index (Phi) is 10.0. The van der Waals surface area contributed by atoms with Crippen molar-refractivity contribution in [1.29, 1.82) is 0 Å². The summed E-state index contributed by atoms with van der Waals surface area (Å²) in [6.45, 7) is 3.51. The summed E-state index contributed by atoms with van der Waals surface area (Å²) in [5, 5.41) is 22.9. The quantitative estimate of drug-likeness (QED) is 0.186. The molecule has 1 fully saturated rings. The fourth-order valence-corrected chi connectivity index (χ4v) is 3.38. The van der Waals surface area contributed by atoms with Gasteiger partial charge in [-0.1, -0.05) is 13.8 Å². The third-order valence-electron chi connectivity index (χ3n) is 5.09. The first-order valence-electron chi connectivity index (χ1n) is 10.2. The van der Waals surface area contributed by atoms with Crippen LogP contribution in [0.5, 0.6) is 0 Å². The predicted molar refractivity (Wildman–Crippen MR) is 110 cm³/mol. The summed E-state index contributed by atoms with van der Waals surface area (Å²) >= 11 is 0. The van der Waals surface area contributed by atoms with E-state index in [9.17, 15) is 33.9 Å². The average Bonchev–Trinajstić information content (AvgIpc) is 3.16. The van der Waals surface area contributed by atoms with Gasteiger partial charge in [0, 0.05) is 13.0 Å². The summed E-state index contributed by atoms with van der Waals surface area (Å²) in [6.07, 6.45) is -0.230. The zero-order chi connectivity index (χ0) is 24.6. The number of nitrogens with zero attached hydrogens (tertiary/aromatic N) is 1. The van der Waals surface area contributed by atoms with E-state index < -0.39 is 72.1 Å². The molecule has 1 aliphatic rings. The van der Waals surface area contributed by atoms with Gasteiger partial charge in [0.15, 0.2) is 0 Å². The molecule has 180 valence electrons. The van der Waals surface area contributed by atoms with E-state index in [1.54, 1.807) is 13.8 Å². The van der Waals surface area contributed by atoms with Crippen molar-refractivity contribution in [2.45, 2.75) is 70.1 Å². The van der Waals surface area contributed by atoms with E-state index in [4.69, 9.17) is 16.6 Å². The van der Waals surface area contributed by atoms with Crippen molar-refractivity contribution in [2.75, 3.05) is 6.54 Å². The normalized spacial score (nSPS) is 18.5. The van der Waals surface area contributed by atoms with Gasteiger partial charge in [0.1, 0.15) is 18.1 Å². The maximum Gasteiger partial charge on any atom is 0.326 e. The highest BCUT2D eigenvalue weighted by atomic mass is 16.4. The molecule has 0 aromatic carbocycles. The summed E-state index contributed by atoms with van der Waals surface area (Å²) in [5.74, 6) is -5.80. The Morgan fingerprint density at radius 3 is 2.22 bits per heavy atom. The van der Waals surface area contributed by atoms with E-state index >= 15 is 0 Å². The van der Waals surface area contributed by atoms with Crippen LogP contribution in [0.2, 0.25) is 0 Å². The van der Waals surface area contributed by atoms with Gasteiger partial charge in [-0.05, 0) is 25.2 Å². The van der Waals surface area contributed by atoms with Crippen molar-refractivity contribution in [3.63, 3.8) is 0 Å².